The fourth-order valence-electron chi connectivity index (χ4n) is 1.85. The number of thioether (sulfide) groups is 1. The Kier molecular flexibility index (Phi) is 4.35. The van der Waals surface area contributed by atoms with Gasteiger partial charge in [0.15, 0.2) is 0 Å². The van der Waals surface area contributed by atoms with Crippen LogP contribution in [0.15, 0.2) is 47.1 Å². The third-order valence-electron chi connectivity index (χ3n) is 2.98. The van der Waals surface area contributed by atoms with Crippen molar-refractivity contribution in [1.82, 2.24) is 9.97 Å². The molecule has 1 atom stereocenters. The van der Waals surface area contributed by atoms with Crippen LogP contribution in [0.1, 0.15) is 6.92 Å². The second kappa shape index (κ2) is 6.41. The number of rotatable bonds is 4. The van der Waals surface area contributed by atoms with E-state index in [9.17, 15) is 9.18 Å². The van der Waals surface area contributed by atoms with Crippen LogP contribution >= 0.6 is 23.1 Å². The monoisotopic (exact) mass is 333 g/mol. The predicted octanol–water partition coefficient (Wildman–Crippen LogP) is 3.95. The molecule has 1 unspecified atom stereocenters. The van der Waals surface area contributed by atoms with Gasteiger partial charge in [-0.1, -0.05) is 11.8 Å². The summed E-state index contributed by atoms with van der Waals surface area (Å²) in [5, 5.41) is 5.18. The lowest BCUT2D eigenvalue weighted by Crippen LogP contribution is -2.22. The number of nitrogens with one attached hydrogen (secondary N) is 1. The van der Waals surface area contributed by atoms with Crippen LogP contribution in [0.25, 0.3) is 10.2 Å². The number of carbonyl (C=O) groups is 1. The van der Waals surface area contributed by atoms with E-state index in [1.54, 1.807) is 11.3 Å². The number of hydrogen-bond donors (Lipinski definition) is 1. The maximum atomic E-state index is 12.9. The van der Waals surface area contributed by atoms with Crippen molar-refractivity contribution in [3.8, 4) is 0 Å². The lowest BCUT2D eigenvalue weighted by molar-refractivity contribution is -0.115. The van der Waals surface area contributed by atoms with Crippen LogP contribution in [-0.4, -0.2) is 21.1 Å². The summed E-state index contributed by atoms with van der Waals surface area (Å²) < 4.78 is 13.8. The second-order valence-corrected chi connectivity index (χ2v) is 6.82. The number of nitrogens with zero attached hydrogens (tertiary/aromatic N) is 2. The van der Waals surface area contributed by atoms with Gasteiger partial charge in [0.25, 0.3) is 0 Å². The third-order valence-corrected chi connectivity index (χ3v) is 5.12. The van der Waals surface area contributed by atoms with E-state index in [4.69, 9.17) is 0 Å². The van der Waals surface area contributed by atoms with Gasteiger partial charge >= 0.3 is 0 Å². The van der Waals surface area contributed by atoms with Gasteiger partial charge in [-0.3, -0.25) is 4.79 Å². The molecule has 2 heterocycles. The summed E-state index contributed by atoms with van der Waals surface area (Å²) in [7, 11) is 0. The summed E-state index contributed by atoms with van der Waals surface area (Å²) in [6.45, 7) is 1.81. The number of amides is 1. The summed E-state index contributed by atoms with van der Waals surface area (Å²) in [4.78, 5) is 20.6. The molecule has 0 saturated heterocycles. The number of aromatic nitrogens is 2. The minimum absolute atomic E-state index is 0.153. The summed E-state index contributed by atoms with van der Waals surface area (Å²) in [5.41, 5.74) is 1.46. The average molecular weight is 333 g/mol. The Bertz CT molecular complexity index is 804. The number of hydrogen-bond acceptors (Lipinski definition) is 5. The molecule has 7 heteroatoms. The van der Waals surface area contributed by atoms with E-state index in [0.717, 1.165) is 15.2 Å². The fraction of sp³-hybridized carbons (Fsp3) is 0.133. The topological polar surface area (TPSA) is 54.9 Å². The normalized spacial score (nSPS) is 12.3. The Morgan fingerprint density at radius 3 is 2.82 bits per heavy atom. The van der Waals surface area contributed by atoms with E-state index in [1.807, 2.05) is 18.4 Å². The standard InChI is InChI=1S/C15H12FN3OS2/c1-9(14(20)19-11-4-2-10(16)3-5-11)22-15-13-12(6-7-21-13)17-8-18-15/h2-9H,1H3,(H,19,20). The molecule has 0 spiro atoms. The van der Waals surface area contributed by atoms with Gasteiger partial charge < -0.3 is 5.32 Å². The molecule has 0 aliphatic rings. The predicted molar refractivity (Wildman–Crippen MR) is 87.8 cm³/mol. The minimum atomic E-state index is -0.332. The minimum Gasteiger partial charge on any atom is -0.325 e. The molecular formula is C15H12FN3OS2. The highest BCUT2D eigenvalue weighted by Crippen LogP contribution is 2.31. The van der Waals surface area contributed by atoms with E-state index in [-0.39, 0.29) is 17.0 Å². The summed E-state index contributed by atoms with van der Waals surface area (Å²) >= 11 is 2.94. The molecular weight excluding hydrogens is 321 g/mol. The molecule has 1 amide bonds. The second-order valence-electron chi connectivity index (χ2n) is 4.57. The SMILES string of the molecule is CC(Sc1ncnc2ccsc12)C(=O)Nc1ccc(F)cc1. The number of anilines is 1. The molecule has 1 aromatic carbocycles. The zero-order valence-electron chi connectivity index (χ0n) is 11.6. The van der Waals surface area contributed by atoms with E-state index in [1.165, 1.54) is 42.4 Å². The highest BCUT2D eigenvalue weighted by atomic mass is 32.2. The maximum Gasteiger partial charge on any atom is 0.237 e. The van der Waals surface area contributed by atoms with Crippen molar-refractivity contribution >= 4 is 44.9 Å². The van der Waals surface area contributed by atoms with Crippen LogP contribution in [0.5, 0.6) is 0 Å². The van der Waals surface area contributed by atoms with Crippen molar-refractivity contribution < 1.29 is 9.18 Å². The molecule has 0 radical (unpaired) electrons. The van der Waals surface area contributed by atoms with E-state index in [2.05, 4.69) is 15.3 Å². The molecule has 112 valence electrons. The Hall–Kier alpha value is -1.99. The van der Waals surface area contributed by atoms with Gasteiger partial charge in [0.05, 0.1) is 15.5 Å². The van der Waals surface area contributed by atoms with Crippen LogP contribution < -0.4 is 5.32 Å². The van der Waals surface area contributed by atoms with Crippen LogP contribution in [-0.2, 0) is 4.79 Å². The number of thiophene rings is 1. The highest BCUT2D eigenvalue weighted by Gasteiger charge is 2.17. The first-order valence-corrected chi connectivity index (χ1v) is 8.31. The summed E-state index contributed by atoms with van der Waals surface area (Å²) in [5.74, 6) is -0.485. The third kappa shape index (κ3) is 3.26. The molecule has 22 heavy (non-hydrogen) atoms. The molecule has 0 bridgehead atoms. The number of benzene rings is 1. The average Bonchev–Trinajstić information content (AvgIpc) is 2.99. The lowest BCUT2D eigenvalue weighted by atomic mass is 10.3. The quantitative estimate of drug-likeness (QED) is 0.580. The maximum absolute atomic E-state index is 12.9. The van der Waals surface area contributed by atoms with Gasteiger partial charge in [-0.2, -0.15) is 0 Å². The van der Waals surface area contributed by atoms with Crippen molar-refractivity contribution in [2.45, 2.75) is 17.2 Å². The van der Waals surface area contributed by atoms with Gasteiger partial charge in [0.1, 0.15) is 17.2 Å². The molecule has 0 aliphatic heterocycles. The van der Waals surface area contributed by atoms with Gasteiger partial charge in [-0.05, 0) is 42.6 Å². The molecule has 0 saturated carbocycles. The Morgan fingerprint density at radius 1 is 1.27 bits per heavy atom. The van der Waals surface area contributed by atoms with Crippen molar-refractivity contribution in [2.24, 2.45) is 0 Å². The van der Waals surface area contributed by atoms with Crippen LogP contribution in [0.3, 0.4) is 0 Å². The fourth-order valence-corrected chi connectivity index (χ4v) is 3.69. The Labute approximate surface area is 134 Å². The smallest absolute Gasteiger partial charge is 0.237 e. The van der Waals surface area contributed by atoms with Crippen molar-refractivity contribution in [2.75, 3.05) is 5.32 Å². The zero-order chi connectivity index (χ0) is 15.5. The molecule has 0 aliphatic carbocycles. The first-order valence-electron chi connectivity index (χ1n) is 6.55. The first kappa shape index (κ1) is 14.9. The van der Waals surface area contributed by atoms with Crippen molar-refractivity contribution in [3.05, 3.63) is 47.9 Å². The molecule has 1 N–H and O–H groups in total. The Balaban J connectivity index is 1.71. The van der Waals surface area contributed by atoms with Gasteiger partial charge in [-0.25, -0.2) is 14.4 Å². The number of halogens is 1. The highest BCUT2D eigenvalue weighted by molar-refractivity contribution is 8.00. The van der Waals surface area contributed by atoms with Gasteiger partial charge in [0, 0.05) is 5.69 Å². The van der Waals surface area contributed by atoms with Crippen molar-refractivity contribution in [3.63, 3.8) is 0 Å². The van der Waals surface area contributed by atoms with Gasteiger partial charge in [0.2, 0.25) is 5.91 Å². The number of carbonyl (C=O) groups excluding carboxylic acids is 1. The van der Waals surface area contributed by atoms with E-state index < -0.39 is 0 Å². The van der Waals surface area contributed by atoms with Crippen LogP contribution in [0, 0.1) is 5.82 Å². The first-order chi connectivity index (χ1) is 10.6. The number of fused-ring (bicyclic) bond motifs is 1. The molecule has 0 fully saturated rings. The molecule has 3 rings (SSSR count). The van der Waals surface area contributed by atoms with E-state index in [0.29, 0.717) is 5.69 Å². The summed E-state index contributed by atoms with van der Waals surface area (Å²) in [6, 6.07) is 7.62. The van der Waals surface area contributed by atoms with E-state index >= 15 is 0 Å². The zero-order valence-corrected chi connectivity index (χ0v) is 13.2. The van der Waals surface area contributed by atoms with Crippen LogP contribution in [0.4, 0.5) is 10.1 Å². The Morgan fingerprint density at radius 2 is 2.05 bits per heavy atom. The molecule has 4 nitrogen and oxygen atoms in total. The molecule has 2 aromatic heterocycles. The summed E-state index contributed by atoms with van der Waals surface area (Å²) in [6.07, 6.45) is 1.50. The van der Waals surface area contributed by atoms with Crippen molar-refractivity contribution in [1.29, 1.82) is 0 Å². The molecule has 3 aromatic rings. The van der Waals surface area contributed by atoms with Gasteiger partial charge in [-0.15, -0.1) is 11.3 Å². The lowest BCUT2D eigenvalue weighted by Gasteiger charge is -2.11. The largest absolute Gasteiger partial charge is 0.325 e. The van der Waals surface area contributed by atoms with Crippen LogP contribution in [0.2, 0.25) is 0 Å².